The predicted molar refractivity (Wildman–Crippen MR) is 104 cm³/mol. The van der Waals surface area contributed by atoms with E-state index in [0.717, 1.165) is 17.7 Å². The van der Waals surface area contributed by atoms with Crippen LogP contribution in [0, 0.1) is 6.92 Å². The van der Waals surface area contributed by atoms with Crippen LogP contribution in [-0.2, 0) is 22.2 Å². The summed E-state index contributed by atoms with van der Waals surface area (Å²) in [4.78, 5) is 28.2. The molecule has 2 aromatic carbocycles. The van der Waals surface area contributed by atoms with Crippen molar-refractivity contribution in [2.24, 2.45) is 0 Å². The first kappa shape index (κ1) is 21.9. The van der Waals surface area contributed by atoms with Crippen LogP contribution in [0.2, 0.25) is 0 Å². The zero-order chi connectivity index (χ0) is 22.4. The molecule has 0 saturated heterocycles. The highest BCUT2D eigenvalue weighted by molar-refractivity contribution is 5.83. The van der Waals surface area contributed by atoms with Gasteiger partial charge in [0.1, 0.15) is 11.5 Å². The molecule has 0 radical (unpaired) electrons. The first-order valence-corrected chi connectivity index (χ1v) is 9.12. The second kappa shape index (κ2) is 9.33. The molecule has 0 aliphatic carbocycles. The van der Waals surface area contributed by atoms with Gasteiger partial charge < -0.3 is 9.15 Å². The molecule has 0 saturated carbocycles. The van der Waals surface area contributed by atoms with Crippen LogP contribution in [0.15, 0.2) is 59.0 Å². The van der Waals surface area contributed by atoms with Crippen LogP contribution in [0.1, 0.15) is 17.0 Å². The van der Waals surface area contributed by atoms with Crippen molar-refractivity contribution < 1.29 is 31.9 Å². The summed E-state index contributed by atoms with van der Waals surface area (Å²) >= 11 is 0. The van der Waals surface area contributed by atoms with Gasteiger partial charge in [-0.2, -0.15) is 13.2 Å². The van der Waals surface area contributed by atoms with Gasteiger partial charge in [-0.1, -0.05) is 24.3 Å². The minimum absolute atomic E-state index is 0.122. The van der Waals surface area contributed by atoms with E-state index in [1.54, 1.807) is 6.92 Å². The molecular weight excluding hydrogens is 415 g/mol. The van der Waals surface area contributed by atoms with Gasteiger partial charge >= 0.3 is 6.18 Å². The highest BCUT2D eigenvalue weighted by Gasteiger charge is 2.30. The van der Waals surface area contributed by atoms with E-state index in [0.29, 0.717) is 17.3 Å². The van der Waals surface area contributed by atoms with Gasteiger partial charge in [-0.3, -0.25) is 20.4 Å². The molecule has 0 atom stereocenters. The number of hydrazine groups is 1. The lowest BCUT2D eigenvalue weighted by Crippen LogP contribution is -2.44. The number of amides is 2. The van der Waals surface area contributed by atoms with Crippen LogP contribution in [0.25, 0.3) is 11.5 Å². The standard InChI is InChI=1S/C21H18F3N3O4/c1-13-17(25-20(31-13)14-6-3-2-4-7-14)11-18(28)26-27-19(29)12-30-16-9-5-8-15(10-16)21(22,23)24/h2-10H,11-12H2,1H3,(H,26,28)(H,27,29). The number of hydrogen-bond acceptors (Lipinski definition) is 5. The number of halogens is 3. The quantitative estimate of drug-likeness (QED) is 0.581. The summed E-state index contributed by atoms with van der Waals surface area (Å²) in [7, 11) is 0. The molecule has 0 fully saturated rings. The molecule has 7 nitrogen and oxygen atoms in total. The summed E-state index contributed by atoms with van der Waals surface area (Å²) in [5.41, 5.74) is 4.61. The van der Waals surface area contributed by atoms with Gasteiger partial charge in [0.05, 0.1) is 17.7 Å². The van der Waals surface area contributed by atoms with E-state index in [1.165, 1.54) is 12.1 Å². The number of aromatic nitrogens is 1. The molecule has 0 aliphatic heterocycles. The molecular formula is C21H18F3N3O4. The van der Waals surface area contributed by atoms with Crippen LogP contribution in [0.5, 0.6) is 5.75 Å². The minimum Gasteiger partial charge on any atom is -0.484 e. The predicted octanol–water partition coefficient (Wildman–Crippen LogP) is 3.44. The van der Waals surface area contributed by atoms with Crippen molar-refractivity contribution in [3.8, 4) is 17.2 Å². The van der Waals surface area contributed by atoms with E-state index in [-0.39, 0.29) is 12.2 Å². The van der Waals surface area contributed by atoms with Gasteiger partial charge in [0, 0.05) is 5.56 Å². The van der Waals surface area contributed by atoms with E-state index < -0.39 is 30.2 Å². The summed E-state index contributed by atoms with van der Waals surface area (Å²) < 4.78 is 48.7. The van der Waals surface area contributed by atoms with Gasteiger partial charge in [-0.15, -0.1) is 0 Å². The third-order valence-electron chi connectivity index (χ3n) is 4.11. The topological polar surface area (TPSA) is 93.5 Å². The van der Waals surface area contributed by atoms with E-state index >= 15 is 0 Å². The maximum atomic E-state index is 12.7. The van der Waals surface area contributed by atoms with Crippen LogP contribution in [0.3, 0.4) is 0 Å². The number of rotatable bonds is 6. The van der Waals surface area contributed by atoms with Gasteiger partial charge in [0.25, 0.3) is 5.91 Å². The number of carbonyl (C=O) groups excluding carboxylic acids is 2. The van der Waals surface area contributed by atoms with Crippen molar-refractivity contribution >= 4 is 11.8 Å². The number of alkyl halides is 3. The Balaban J connectivity index is 1.48. The smallest absolute Gasteiger partial charge is 0.416 e. The number of carbonyl (C=O) groups is 2. The lowest BCUT2D eigenvalue weighted by atomic mass is 10.2. The molecule has 0 bridgehead atoms. The second-order valence-corrected chi connectivity index (χ2v) is 6.48. The number of benzene rings is 2. The molecule has 31 heavy (non-hydrogen) atoms. The highest BCUT2D eigenvalue weighted by atomic mass is 19.4. The fourth-order valence-electron chi connectivity index (χ4n) is 2.58. The lowest BCUT2D eigenvalue weighted by Gasteiger charge is -2.10. The monoisotopic (exact) mass is 433 g/mol. The van der Waals surface area contributed by atoms with E-state index in [2.05, 4.69) is 15.8 Å². The Morgan fingerprint density at radius 1 is 1.03 bits per heavy atom. The number of nitrogens with one attached hydrogen (secondary N) is 2. The fraction of sp³-hybridized carbons (Fsp3) is 0.190. The zero-order valence-corrected chi connectivity index (χ0v) is 16.3. The molecule has 10 heteroatoms. The van der Waals surface area contributed by atoms with Crippen LogP contribution in [-0.4, -0.2) is 23.4 Å². The molecule has 3 aromatic rings. The number of nitrogens with zero attached hydrogens (tertiary/aromatic N) is 1. The number of ether oxygens (including phenoxy) is 1. The molecule has 162 valence electrons. The Morgan fingerprint density at radius 2 is 1.74 bits per heavy atom. The number of oxazole rings is 1. The third kappa shape index (κ3) is 6.08. The van der Waals surface area contributed by atoms with E-state index in [1.807, 2.05) is 30.3 Å². The minimum atomic E-state index is -4.52. The molecule has 3 rings (SSSR count). The third-order valence-corrected chi connectivity index (χ3v) is 4.11. The Kier molecular flexibility index (Phi) is 6.58. The molecule has 2 amide bonds. The molecule has 2 N–H and O–H groups in total. The van der Waals surface area contributed by atoms with Gasteiger partial charge in [0.2, 0.25) is 11.8 Å². The molecule has 1 heterocycles. The summed E-state index contributed by atoms with van der Waals surface area (Å²) in [6.07, 6.45) is -4.66. The summed E-state index contributed by atoms with van der Waals surface area (Å²) in [5.74, 6) is -0.577. The second-order valence-electron chi connectivity index (χ2n) is 6.48. The Bertz CT molecular complexity index is 1070. The van der Waals surface area contributed by atoms with Gasteiger partial charge in [-0.05, 0) is 37.3 Å². The van der Waals surface area contributed by atoms with Crippen molar-refractivity contribution in [1.82, 2.24) is 15.8 Å². The number of hydrogen-bond donors (Lipinski definition) is 2. The highest BCUT2D eigenvalue weighted by Crippen LogP contribution is 2.31. The first-order chi connectivity index (χ1) is 14.7. The molecule has 0 spiro atoms. The Labute approximate surface area is 175 Å². The van der Waals surface area contributed by atoms with Crippen molar-refractivity contribution in [3.05, 3.63) is 71.6 Å². The number of aryl methyl sites for hydroxylation is 1. The zero-order valence-electron chi connectivity index (χ0n) is 16.3. The van der Waals surface area contributed by atoms with Crippen LogP contribution in [0.4, 0.5) is 13.2 Å². The SMILES string of the molecule is Cc1oc(-c2ccccc2)nc1CC(=O)NNC(=O)COc1cccc(C(F)(F)F)c1. The summed E-state index contributed by atoms with van der Waals surface area (Å²) in [6.45, 7) is 1.09. The average Bonchev–Trinajstić information content (AvgIpc) is 3.11. The molecule has 1 aromatic heterocycles. The molecule has 0 aliphatic rings. The van der Waals surface area contributed by atoms with Crippen molar-refractivity contribution in [2.75, 3.05) is 6.61 Å². The van der Waals surface area contributed by atoms with Crippen LogP contribution < -0.4 is 15.6 Å². The largest absolute Gasteiger partial charge is 0.484 e. The maximum Gasteiger partial charge on any atom is 0.416 e. The molecule has 0 unspecified atom stereocenters. The summed E-state index contributed by atoms with van der Waals surface area (Å²) in [5, 5.41) is 0. The summed E-state index contributed by atoms with van der Waals surface area (Å²) in [6, 6.07) is 13.3. The maximum absolute atomic E-state index is 12.7. The van der Waals surface area contributed by atoms with Crippen molar-refractivity contribution in [3.63, 3.8) is 0 Å². The van der Waals surface area contributed by atoms with Gasteiger partial charge in [-0.25, -0.2) is 4.98 Å². The van der Waals surface area contributed by atoms with Crippen molar-refractivity contribution in [1.29, 1.82) is 0 Å². The van der Waals surface area contributed by atoms with Gasteiger partial charge in [0.15, 0.2) is 6.61 Å². The normalized spacial score (nSPS) is 11.1. The lowest BCUT2D eigenvalue weighted by molar-refractivity contribution is -0.137. The fourth-order valence-corrected chi connectivity index (χ4v) is 2.58. The van der Waals surface area contributed by atoms with E-state index in [4.69, 9.17) is 9.15 Å². The average molecular weight is 433 g/mol. The Morgan fingerprint density at radius 3 is 2.45 bits per heavy atom. The van der Waals surface area contributed by atoms with E-state index in [9.17, 15) is 22.8 Å². The first-order valence-electron chi connectivity index (χ1n) is 9.12. The Hall–Kier alpha value is -3.82. The van der Waals surface area contributed by atoms with Crippen molar-refractivity contribution in [2.45, 2.75) is 19.5 Å². The van der Waals surface area contributed by atoms with Crippen LogP contribution >= 0.6 is 0 Å².